The maximum atomic E-state index is 12.5. The molecule has 21 heavy (non-hydrogen) atoms. The zero-order valence-electron chi connectivity index (χ0n) is 13.6. The van der Waals surface area contributed by atoms with Gasteiger partial charge < -0.3 is 9.64 Å². The molecule has 0 N–H and O–H groups in total. The summed E-state index contributed by atoms with van der Waals surface area (Å²) in [5.74, 6) is 0.744. The summed E-state index contributed by atoms with van der Waals surface area (Å²) in [7, 11) is 0. The molecule has 1 amide bonds. The van der Waals surface area contributed by atoms with E-state index < -0.39 is 0 Å². The summed E-state index contributed by atoms with van der Waals surface area (Å²) in [6, 6.07) is 5.87. The minimum Gasteiger partial charge on any atom is -0.483 e. The largest absolute Gasteiger partial charge is 0.483 e. The van der Waals surface area contributed by atoms with E-state index in [-0.39, 0.29) is 24.6 Å². The maximum absolute atomic E-state index is 12.5. The highest BCUT2D eigenvalue weighted by molar-refractivity contribution is 6.30. The molecular formula is C17H26ClNO2. The van der Waals surface area contributed by atoms with Crippen LogP contribution in [0.25, 0.3) is 0 Å². The van der Waals surface area contributed by atoms with Gasteiger partial charge in [0, 0.05) is 17.1 Å². The second-order valence-corrected chi connectivity index (χ2v) is 5.95. The fourth-order valence-electron chi connectivity index (χ4n) is 2.31. The van der Waals surface area contributed by atoms with Gasteiger partial charge in [0.15, 0.2) is 6.61 Å². The number of halogens is 1. The Kier molecular flexibility index (Phi) is 7.03. The summed E-state index contributed by atoms with van der Waals surface area (Å²) >= 11 is 5.92. The molecule has 0 aliphatic carbocycles. The normalized spacial score (nSPS) is 13.6. The first kappa shape index (κ1) is 17.8. The van der Waals surface area contributed by atoms with Gasteiger partial charge in [0.05, 0.1) is 0 Å². The summed E-state index contributed by atoms with van der Waals surface area (Å²) < 4.78 is 5.67. The molecule has 118 valence electrons. The number of carbonyl (C=O) groups is 1. The van der Waals surface area contributed by atoms with Crippen LogP contribution in [-0.2, 0) is 4.79 Å². The number of nitrogens with zero attached hydrogens (tertiary/aromatic N) is 1. The molecule has 0 aromatic heterocycles. The van der Waals surface area contributed by atoms with Gasteiger partial charge in [0.25, 0.3) is 5.91 Å². The van der Waals surface area contributed by atoms with Crippen LogP contribution in [0.5, 0.6) is 5.75 Å². The lowest BCUT2D eigenvalue weighted by atomic mass is 10.1. The quantitative estimate of drug-likeness (QED) is 0.744. The molecule has 0 spiro atoms. The molecule has 0 unspecified atom stereocenters. The zero-order chi connectivity index (χ0) is 16.0. The van der Waals surface area contributed by atoms with Crippen molar-refractivity contribution in [1.29, 1.82) is 0 Å². The van der Waals surface area contributed by atoms with E-state index >= 15 is 0 Å². The molecule has 1 rings (SSSR count). The van der Waals surface area contributed by atoms with Gasteiger partial charge in [-0.3, -0.25) is 4.79 Å². The Bertz CT molecular complexity index is 466. The van der Waals surface area contributed by atoms with E-state index in [0.29, 0.717) is 10.8 Å². The fourth-order valence-corrected chi connectivity index (χ4v) is 2.53. The number of carbonyl (C=O) groups excluding carboxylic acids is 1. The van der Waals surface area contributed by atoms with Crippen molar-refractivity contribution >= 4 is 17.5 Å². The Morgan fingerprint density at radius 1 is 1.24 bits per heavy atom. The third-order valence-electron chi connectivity index (χ3n) is 3.91. The molecule has 2 atom stereocenters. The van der Waals surface area contributed by atoms with E-state index in [1.807, 2.05) is 24.0 Å². The number of rotatable bonds is 7. The number of amides is 1. The van der Waals surface area contributed by atoms with Crippen LogP contribution in [0.2, 0.25) is 5.02 Å². The van der Waals surface area contributed by atoms with Gasteiger partial charge in [-0.05, 0) is 57.4 Å². The zero-order valence-corrected chi connectivity index (χ0v) is 14.4. The van der Waals surface area contributed by atoms with E-state index in [4.69, 9.17) is 16.3 Å². The predicted octanol–water partition coefficient (Wildman–Crippen LogP) is 4.45. The predicted molar refractivity (Wildman–Crippen MR) is 88.0 cm³/mol. The summed E-state index contributed by atoms with van der Waals surface area (Å²) in [4.78, 5) is 14.4. The molecule has 0 saturated carbocycles. The Hall–Kier alpha value is -1.22. The monoisotopic (exact) mass is 311 g/mol. The molecule has 1 aromatic rings. The first-order valence-electron chi connectivity index (χ1n) is 7.60. The molecule has 3 nitrogen and oxygen atoms in total. The average molecular weight is 312 g/mol. The fraction of sp³-hybridized carbons (Fsp3) is 0.588. The van der Waals surface area contributed by atoms with Crippen molar-refractivity contribution in [3.05, 3.63) is 28.8 Å². The van der Waals surface area contributed by atoms with Crippen molar-refractivity contribution < 1.29 is 9.53 Å². The Labute approximate surface area is 133 Å². The molecule has 4 heteroatoms. The maximum Gasteiger partial charge on any atom is 0.260 e. The Morgan fingerprint density at radius 3 is 2.29 bits per heavy atom. The van der Waals surface area contributed by atoms with E-state index in [2.05, 4.69) is 27.7 Å². The molecule has 1 aromatic carbocycles. The molecule has 0 aliphatic heterocycles. The van der Waals surface area contributed by atoms with Crippen molar-refractivity contribution in [1.82, 2.24) is 4.90 Å². The van der Waals surface area contributed by atoms with Crippen molar-refractivity contribution in [3.63, 3.8) is 0 Å². The van der Waals surface area contributed by atoms with Crippen LogP contribution in [0, 0.1) is 6.92 Å². The Morgan fingerprint density at radius 2 is 1.81 bits per heavy atom. The van der Waals surface area contributed by atoms with Gasteiger partial charge in [0.1, 0.15) is 5.75 Å². The van der Waals surface area contributed by atoms with Gasteiger partial charge in [0.2, 0.25) is 0 Å². The molecular weight excluding hydrogens is 286 g/mol. The van der Waals surface area contributed by atoms with Crippen LogP contribution in [0.15, 0.2) is 18.2 Å². The van der Waals surface area contributed by atoms with E-state index in [9.17, 15) is 4.79 Å². The second-order valence-electron chi connectivity index (χ2n) is 5.51. The average Bonchev–Trinajstić information content (AvgIpc) is 2.46. The van der Waals surface area contributed by atoms with Crippen LogP contribution in [0.3, 0.4) is 0 Å². The number of aryl methyl sites for hydroxylation is 1. The van der Waals surface area contributed by atoms with Gasteiger partial charge in [-0.2, -0.15) is 0 Å². The first-order chi connectivity index (χ1) is 9.90. The third-order valence-corrected chi connectivity index (χ3v) is 4.14. The SMILES string of the molecule is CC[C@H](C)N(C(=O)COc1ccc(Cl)cc1C)[C@@H](C)CC. The van der Waals surface area contributed by atoms with Crippen LogP contribution in [0.4, 0.5) is 0 Å². The minimum absolute atomic E-state index is 0.0352. The number of benzene rings is 1. The second kappa shape index (κ2) is 8.28. The topological polar surface area (TPSA) is 29.5 Å². The molecule has 0 aliphatic rings. The van der Waals surface area contributed by atoms with Crippen LogP contribution >= 0.6 is 11.6 Å². The van der Waals surface area contributed by atoms with Gasteiger partial charge in [-0.15, -0.1) is 0 Å². The first-order valence-corrected chi connectivity index (χ1v) is 7.98. The third kappa shape index (κ3) is 4.92. The summed E-state index contributed by atoms with van der Waals surface area (Å²) in [5, 5.41) is 0.673. The van der Waals surface area contributed by atoms with Crippen molar-refractivity contribution in [2.24, 2.45) is 0 Å². The highest BCUT2D eigenvalue weighted by atomic mass is 35.5. The van der Waals surface area contributed by atoms with Crippen molar-refractivity contribution in [2.45, 2.75) is 59.5 Å². The summed E-state index contributed by atoms with van der Waals surface area (Å²) in [5.41, 5.74) is 0.939. The highest BCUT2D eigenvalue weighted by Gasteiger charge is 2.23. The molecule has 0 fully saturated rings. The van der Waals surface area contributed by atoms with Gasteiger partial charge >= 0.3 is 0 Å². The lowest BCUT2D eigenvalue weighted by molar-refractivity contribution is -0.137. The van der Waals surface area contributed by atoms with Crippen LogP contribution in [-0.4, -0.2) is 29.5 Å². The lowest BCUT2D eigenvalue weighted by Gasteiger charge is -2.34. The number of ether oxygens (including phenoxy) is 1. The van der Waals surface area contributed by atoms with Crippen LogP contribution in [0.1, 0.15) is 46.1 Å². The van der Waals surface area contributed by atoms with Crippen molar-refractivity contribution in [2.75, 3.05) is 6.61 Å². The number of hydrogen-bond donors (Lipinski definition) is 0. The van der Waals surface area contributed by atoms with Gasteiger partial charge in [-0.1, -0.05) is 25.4 Å². The lowest BCUT2D eigenvalue weighted by Crippen LogP contribution is -2.46. The van der Waals surface area contributed by atoms with Gasteiger partial charge in [-0.25, -0.2) is 0 Å². The van der Waals surface area contributed by atoms with E-state index in [0.717, 1.165) is 18.4 Å². The summed E-state index contributed by atoms with van der Waals surface area (Å²) in [6.45, 7) is 10.3. The van der Waals surface area contributed by atoms with E-state index in [1.54, 1.807) is 6.07 Å². The highest BCUT2D eigenvalue weighted by Crippen LogP contribution is 2.22. The molecule has 0 bridgehead atoms. The molecule has 0 radical (unpaired) electrons. The molecule has 0 saturated heterocycles. The molecule has 0 heterocycles. The summed E-state index contributed by atoms with van der Waals surface area (Å²) in [6.07, 6.45) is 1.88. The van der Waals surface area contributed by atoms with E-state index in [1.165, 1.54) is 0 Å². The smallest absolute Gasteiger partial charge is 0.260 e. The minimum atomic E-state index is 0.0352. The Balaban J connectivity index is 2.73. The van der Waals surface area contributed by atoms with Crippen molar-refractivity contribution in [3.8, 4) is 5.75 Å². The van der Waals surface area contributed by atoms with Crippen LogP contribution < -0.4 is 4.74 Å². The standard InChI is InChI=1S/C17H26ClNO2/c1-6-13(4)19(14(5)7-2)17(20)11-21-16-9-8-15(18)10-12(16)3/h8-10,13-14H,6-7,11H2,1-5H3/t13-,14-/m0/s1. The number of hydrogen-bond acceptors (Lipinski definition) is 2.